The van der Waals surface area contributed by atoms with Gasteiger partial charge in [-0.3, -0.25) is 9.69 Å². The molecule has 15 heavy (non-hydrogen) atoms. The van der Waals surface area contributed by atoms with E-state index >= 15 is 0 Å². The Bertz CT molecular complexity index is 244. The smallest absolute Gasteiger partial charge is 0.237 e. The van der Waals surface area contributed by atoms with Crippen LogP contribution in [0.25, 0.3) is 0 Å². The van der Waals surface area contributed by atoms with E-state index in [1.807, 2.05) is 6.92 Å². The van der Waals surface area contributed by atoms with Crippen molar-refractivity contribution in [2.24, 2.45) is 0 Å². The minimum atomic E-state index is 0.0181. The molecule has 4 heteroatoms. The number of rotatable bonds is 3. The standard InChI is InChI=1S/C11H21N3O/c1-9(14-7-5-12-6-8-14)10(15)13-11(2)3-4-11/h9,12H,3-8H2,1-2H3,(H,13,15). The average Bonchev–Trinajstić information content (AvgIpc) is 2.96. The molecule has 2 fully saturated rings. The minimum absolute atomic E-state index is 0.0181. The molecule has 0 aromatic carbocycles. The highest BCUT2D eigenvalue weighted by atomic mass is 16.2. The van der Waals surface area contributed by atoms with Crippen LogP contribution >= 0.6 is 0 Å². The maximum absolute atomic E-state index is 11.9. The Morgan fingerprint density at radius 3 is 2.53 bits per heavy atom. The monoisotopic (exact) mass is 211 g/mol. The molecule has 2 aliphatic rings. The van der Waals surface area contributed by atoms with Gasteiger partial charge in [0.1, 0.15) is 0 Å². The number of piperazine rings is 1. The van der Waals surface area contributed by atoms with E-state index in [1.165, 1.54) is 0 Å². The Kier molecular flexibility index (Phi) is 2.98. The summed E-state index contributed by atoms with van der Waals surface area (Å²) >= 11 is 0. The van der Waals surface area contributed by atoms with Gasteiger partial charge in [0.25, 0.3) is 0 Å². The second-order valence-electron chi connectivity index (χ2n) is 5.01. The van der Waals surface area contributed by atoms with Gasteiger partial charge in [-0.05, 0) is 26.7 Å². The van der Waals surface area contributed by atoms with E-state index in [4.69, 9.17) is 0 Å². The summed E-state index contributed by atoms with van der Waals surface area (Å²) < 4.78 is 0. The van der Waals surface area contributed by atoms with Crippen LogP contribution in [0.15, 0.2) is 0 Å². The lowest BCUT2D eigenvalue weighted by atomic mass is 10.2. The van der Waals surface area contributed by atoms with Gasteiger partial charge in [0, 0.05) is 31.7 Å². The molecule has 2 rings (SSSR count). The van der Waals surface area contributed by atoms with Crippen LogP contribution < -0.4 is 10.6 Å². The third-order valence-corrected chi connectivity index (χ3v) is 3.50. The molecular formula is C11H21N3O. The largest absolute Gasteiger partial charge is 0.350 e. The summed E-state index contributed by atoms with van der Waals surface area (Å²) in [6, 6.07) is 0.0181. The highest BCUT2D eigenvalue weighted by molar-refractivity contribution is 5.82. The topological polar surface area (TPSA) is 44.4 Å². The molecule has 1 aliphatic carbocycles. The van der Waals surface area contributed by atoms with Gasteiger partial charge in [-0.2, -0.15) is 0 Å². The summed E-state index contributed by atoms with van der Waals surface area (Å²) in [6.07, 6.45) is 2.26. The lowest BCUT2D eigenvalue weighted by Crippen LogP contribution is -2.54. The van der Waals surface area contributed by atoms with Crippen LogP contribution in [-0.4, -0.2) is 48.6 Å². The zero-order valence-electron chi connectivity index (χ0n) is 9.68. The van der Waals surface area contributed by atoms with E-state index < -0.39 is 0 Å². The van der Waals surface area contributed by atoms with Gasteiger partial charge in [0.2, 0.25) is 5.91 Å². The average molecular weight is 211 g/mol. The Morgan fingerprint density at radius 1 is 1.40 bits per heavy atom. The highest BCUT2D eigenvalue weighted by Crippen LogP contribution is 2.34. The van der Waals surface area contributed by atoms with Crippen LogP contribution in [0.4, 0.5) is 0 Å². The Labute approximate surface area is 91.4 Å². The van der Waals surface area contributed by atoms with E-state index in [1.54, 1.807) is 0 Å². The zero-order chi connectivity index (χ0) is 10.9. The predicted molar refractivity (Wildman–Crippen MR) is 59.7 cm³/mol. The molecule has 0 aromatic rings. The first-order valence-corrected chi connectivity index (χ1v) is 5.88. The van der Waals surface area contributed by atoms with Gasteiger partial charge in [-0.15, -0.1) is 0 Å². The van der Waals surface area contributed by atoms with Gasteiger partial charge < -0.3 is 10.6 Å². The van der Waals surface area contributed by atoms with Gasteiger partial charge in [-0.25, -0.2) is 0 Å². The molecule has 86 valence electrons. The van der Waals surface area contributed by atoms with Crippen LogP contribution in [0.1, 0.15) is 26.7 Å². The number of carbonyl (C=O) groups excluding carboxylic acids is 1. The summed E-state index contributed by atoms with van der Waals surface area (Å²) in [4.78, 5) is 14.2. The van der Waals surface area contributed by atoms with Crippen molar-refractivity contribution in [1.29, 1.82) is 0 Å². The number of hydrogen-bond donors (Lipinski definition) is 2. The zero-order valence-corrected chi connectivity index (χ0v) is 9.68. The van der Waals surface area contributed by atoms with E-state index in [2.05, 4.69) is 22.5 Å². The summed E-state index contributed by atoms with van der Waals surface area (Å²) in [5.74, 6) is 0.192. The third-order valence-electron chi connectivity index (χ3n) is 3.50. The first kappa shape index (κ1) is 10.9. The van der Waals surface area contributed by atoms with E-state index in [0.717, 1.165) is 39.0 Å². The number of nitrogens with zero attached hydrogens (tertiary/aromatic N) is 1. The predicted octanol–water partition coefficient (Wildman–Crippen LogP) is -0.0512. The number of nitrogens with one attached hydrogen (secondary N) is 2. The molecule has 0 bridgehead atoms. The Balaban J connectivity index is 1.82. The molecule has 0 aromatic heterocycles. The highest BCUT2D eigenvalue weighted by Gasteiger charge is 2.40. The normalized spacial score (nSPS) is 27.1. The molecular weight excluding hydrogens is 190 g/mol. The van der Waals surface area contributed by atoms with Gasteiger partial charge >= 0.3 is 0 Å². The van der Waals surface area contributed by atoms with Crippen molar-refractivity contribution in [2.45, 2.75) is 38.3 Å². The van der Waals surface area contributed by atoms with Gasteiger partial charge in [0.05, 0.1) is 6.04 Å². The van der Waals surface area contributed by atoms with Crippen LogP contribution in [0, 0.1) is 0 Å². The number of amides is 1. The van der Waals surface area contributed by atoms with Crippen LogP contribution in [0.2, 0.25) is 0 Å². The van der Waals surface area contributed by atoms with Crippen molar-refractivity contribution in [3.63, 3.8) is 0 Å². The number of carbonyl (C=O) groups is 1. The third kappa shape index (κ3) is 2.69. The van der Waals surface area contributed by atoms with E-state index in [0.29, 0.717) is 0 Å². The summed E-state index contributed by atoms with van der Waals surface area (Å²) in [7, 11) is 0. The Hall–Kier alpha value is -0.610. The molecule has 0 spiro atoms. The molecule has 2 N–H and O–H groups in total. The molecule has 1 aliphatic heterocycles. The molecule has 1 heterocycles. The first-order chi connectivity index (χ1) is 7.11. The second kappa shape index (κ2) is 4.10. The summed E-state index contributed by atoms with van der Waals surface area (Å²) in [6.45, 7) is 8.07. The minimum Gasteiger partial charge on any atom is -0.350 e. The summed E-state index contributed by atoms with van der Waals surface area (Å²) in [5, 5.41) is 6.42. The molecule has 1 amide bonds. The van der Waals surface area contributed by atoms with Crippen molar-refractivity contribution in [3.05, 3.63) is 0 Å². The van der Waals surface area contributed by atoms with Crippen molar-refractivity contribution in [1.82, 2.24) is 15.5 Å². The molecule has 1 unspecified atom stereocenters. The van der Waals surface area contributed by atoms with Crippen LogP contribution in [-0.2, 0) is 4.79 Å². The quantitative estimate of drug-likeness (QED) is 0.688. The fraction of sp³-hybridized carbons (Fsp3) is 0.909. The molecule has 1 atom stereocenters. The summed E-state index contributed by atoms with van der Waals surface area (Å²) in [5.41, 5.74) is 0.110. The SMILES string of the molecule is CC(C(=O)NC1(C)CC1)N1CCNCC1. The van der Waals surface area contributed by atoms with Crippen molar-refractivity contribution in [2.75, 3.05) is 26.2 Å². The van der Waals surface area contributed by atoms with E-state index in [-0.39, 0.29) is 17.5 Å². The van der Waals surface area contributed by atoms with E-state index in [9.17, 15) is 4.79 Å². The Morgan fingerprint density at radius 2 is 2.00 bits per heavy atom. The fourth-order valence-electron chi connectivity index (χ4n) is 1.95. The van der Waals surface area contributed by atoms with Crippen molar-refractivity contribution < 1.29 is 4.79 Å². The fourth-order valence-corrected chi connectivity index (χ4v) is 1.95. The molecule has 1 saturated heterocycles. The number of hydrogen-bond acceptors (Lipinski definition) is 3. The van der Waals surface area contributed by atoms with Crippen molar-refractivity contribution in [3.8, 4) is 0 Å². The van der Waals surface area contributed by atoms with Gasteiger partial charge in [-0.1, -0.05) is 0 Å². The van der Waals surface area contributed by atoms with Crippen LogP contribution in [0.3, 0.4) is 0 Å². The maximum atomic E-state index is 11.9. The van der Waals surface area contributed by atoms with Crippen LogP contribution in [0.5, 0.6) is 0 Å². The molecule has 4 nitrogen and oxygen atoms in total. The maximum Gasteiger partial charge on any atom is 0.237 e. The van der Waals surface area contributed by atoms with Crippen molar-refractivity contribution >= 4 is 5.91 Å². The van der Waals surface area contributed by atoms with Gasteiger partial charge in [0.15, 0.2) is 0 Å². The second-order valence-corrected chi connectivity index (χ2v) is 5.01. The lowest BCUT2D eigenvalue weighted by Gasteiger charge is -2.32. The molecule has 1 saturated carbocycles. The lowest BCUT2D eigenvalue weighted by molar-refractivity contribution is -0.126. The first-order valence-electron chi connectivity index (χ1n) is 5.88. The molecule has 0 radical (unpaired) electrons.